The average Bonchev–Trinajstić information content (AvgIpc) is 2.84. The molecule has 0 aromatic heterocycles. The topological polar surface area (TPSA) is 84.9 Å². The summed E-state index contributed by atoms with van der Waals surface area (Å²) in [4.78, 5) is 39.1. The van der Waals surface area contributed by atoms with Gasteiger partial charge in [0, 0.05) is 5.02 Å². The molecule has 7 nitrogen and oxygen atoms in total. The molecule has 37 heavy (non-hydrogen) atoms. The molecule has 1 saturated heterocycles. The van der Waals surface area contributed by atoms with Crippen LogP contribution in [0.4, 0.5) is 14.9 Å². The Labute approximate surface area is 222 Å². The number of aryl methyl sites for hydroxylation is 1. The van der Waals surface area contributed by atoms with Crippen molar-refractivity contribution in [1.82, 2.24) is 5.32 Å². The molecule has 0 saturated carbocycles. The van der Waals surface area contributed by atoms with Crippen LogP contribution in [0.3, 0.4) is 0 Å². The van der Waals surface area contributed by atoms with E-state index in [1.54, 1.807) is 44.2 Å². The highest BCUT2D eigenvalue weighted by Crippen LogP contribution is 2.38. The highest BCUT2D eigenvalue weighted by atomic mass is 35.5. The molecular formula is C27H21Cl2FN2O5. The lowest BCUT2D eigenvalue weighted by Crippen LogP contribution is -2.54. The molecule has 0 radical (unpaired) electrons. The lowest BCUT2D eigenvalue weighted by molar-refractivity contribution is -0.122. The number of urea groups is 1. The van der Waals surface area contributed by atoms with E-state index in [0.29, 0.717) is 17.2 Å². The van der Waals surface area contributed by atoms with Crippen molar-refractivity contribution < 1.29 is 28.2 Å². The molecule has 1 N–H and O–H groups in total. The minimum atomic E-state index is -0.885. The van der Waals surface area contributed by atoms with E-state index in [-0.39, 0.29) is 40.2 Å². The number of rotatable bonds is 7. The highest BCUT2D eigenvalue weighted by Gasteiger charge is 2.37. The van der Waals surface area contributed by atoms with Crippen molar-refractivity contribution in [2.45, 2.75) is 20.5 Å². The molecule has 1 aliphatic rings. The van der Waals surface area contributed by atoms with Crippen molar-refractivity contribution >= 4 is 52.8 Å². The van der Waals surface area contributed by atoms with Gasteiger partial charge in [-0.25, -0.2) is 14.1 Å². The quantitative estimate of drug-likeness (QED) is 0.288. The molecule has 1 aliphatic heterocycles. The Bertz CT molecular complexity index is 1420. The Morgan fingerprint density at radius 1 is 0.973 bits per heavy atom. The van der Waals surface area contributed by atoms with E-state index in [1.165, 1.54) is 30.3 Å². The maximum absolute atomic E-state index is 13.2. The minimum absolute atomic E-state index is 0.109. The number of barbiturate groups is 1. The molecule has 3 aromatic rings. The van der Waals surface area contributed by atoms with E-state index in [0.717, 1.165) is 16.0 Å². The lowest BCUT2D eigenvalue weighted by atomic mass is 10.1. The van der Waals surface area contributed by atoms with Gasteiger partial charge in [-0.15, -0.1) is 0 Å². The monoisotopic (exact) mass is 542 g/mol. The van der Waals surface area contributed by atoms with E-state index >= 15 is 0 Å². The number of halogens is 3. The van der Waals surface area contributed by atoms with Gasteiger partial charge in [0.2, 0.25) is 0 Å². The molecule has 0 atom stereocenters. The maximum Gasteiger partial charge on any atom is 0.335 e. The summed E-state index contributed by atoms with van der Waals surface area (Å²) in [5.74, 6) is -1.50. The second-order valence-electron chi connectivity index (χ2n) is 8.07. The first-order valence-electron chi connectivity index (χ1n) is 11.2. The Morgan fingerprint density at radius 2 is 1.70 bits per heavy atom. The van der Waals surface area contributed by atoms with Crippen LogP contribution in [0.1, 0.15) is 23.6 Å². The SMILES string of the molecule is CCOc1cc(/C=C2/C(=O)NC(=O)N(c3ccc(C)c(Cl)c3)C2=O)cc(Cl)c1OCc1ccc(F)cc1. The average molecular weight is 543 g/mol. The largest absolute Gasteiger partial charge is 0.490 e. The Balaban J connectivity index is 1.66. The first-order chi connectivity index (χ1) is 17.7. The molecule has 10 heteroatoms. The predicted molar refractivity (Wildman–Crippen MR) is 139 cm³/mol. The zero-order valence-electron chi connectivity index (χ0n) is 19.8. The van der Waals surface area contributed by atoms with Gasteiger partial charge in [0.15, 0.2) is 11.5 Å². The van der Waals surface area contributed by atoms with Crippen molar-refractivity contribution in [3.05, 3.63) is 92.7 Å². The molecule has 4 amide bonds. The van der Waals surface area contributed by atoms with Gasteiger partial charge in [-0.1, -0.05) is 41.4 Å². The van der Waals surface area contributed by atoms with E-state index in [4.69, 9.17) is 32.7 Å². The number of ether oxygens (including phenoxy) is 2. The maximum atomic E-state index is 13.2. The summed E-state index contributed by atoms with van der Waals surface area (Å²) >= 11 is 12.6. The van der Waals surface area contributed by atoms with Crippen LogP contribution in [0.25, 0.3) is 6.08 Å². The summed E-state index contributed by atoms with van der Waals surface area (Å²) in [5.41, 5.74) is 1.79. The first kappa shape index (κ1) is 26.2. The number of hydrogen-bond acceptors (Lipinski definition) is 5. The van der Waals surface area contributed by atoms with E-state index in [9.17, 15) is 18.8 Å². The van der Waals surface area contributed by atoms with E-state index in [1.807, 2.05) is 0 Å². The van der Waals surface area contributed by atoms with Gasteiger partial charge in [0.25, 0.3) is 11.8 Å². The fraction of sp³-hybridized carbons (Fsp3) is 0.148. The number of hydrogen-bond donors (Lipinski definition) is 1. The standard InChI is InChI=1S/C27H21Cl2FN2O5/c1-3-36-23-12-17(11-22(29)24(23)37-14-16-5-7-18(30)8-6-16)10-20-25(33)31-27(35)32(26(20)34)19-9-4-15(2)21(28)13-19/h4-13H,3,14H2,1-2H3,(H,31,33,35)/b20-10-. The van der Waals surface area contributed by atoms with Crippen LogP contribution in [0, 0.1) is 12.7 Å². The number of benzene rings is 3. The smallest absolute Gasteiger partial charge is 0.335 e. The molecule has 0 aliphatic carbocycles. The van der Waals surface area contributed by atoms with Gasteiger partial charge in [-0.05, 0) is 73.0 Å². The molecule has 3 aromatic carbocycles. The van der Waals surface area contributed by atoms with Crippen LogP contribution in [0.2, 0.25) is 10.0 Å². The molecule has 190 valence electrons. The van der Waals surface area contributed by atoms with Gasteiger partial charge in [0.1, 0.15) is 18.0 Å². The number of imide groups is 2. The molecule has 1 fully saturated rings. The van der Waals surface area contributed by atoms with Crippen molar-refractivity contribution in [2.24, 2.45) is 0 Å². The second kappa shape index (κ2) is 11.0. The lowest BCUT2D eigenvalue weighted by Gasteiger charge is -2.26. The Hall–Kier alpha value is -3.88. The molecule has 0 bridgehead atoms. The number of nitrogens with one attached hydrogen (secondary N) is 1. The van der Waals surface area contributed by atoms with E-state index in [2.05, 4.69) is 5.32 Å². The predicted octanol–water partition coefficient (Wildman–Crippen LogP) is 6.09. The third-order valence-electron chi connectivity index (χ3n) is 5.45. The normalized spacial score (nSPS) is 14.7. The number of nitrogens with zero attached hydrogens (tertiary/aromatic N) is 1. The van der Waals surface area contributed by atoms with Crippen LogP contribution in [0.5, 0.6) is 11.5 Å². The number of carbonyl (C=O) groups excluding carboxylic acids is 3. The van der Waals surface area contributed by atoms with Crippen LogP contribution in [-0.2, 0) is 16.2 Å². The number of carbonyl (C=O) groups is 3. The van der Waals surface area contributed by atoms with Crippen molar-refractivity contribution in [2.75, 3.05) is 11.5 Å². The fourth-order valence-corrected chi connectivity index (χ4v) is 4.04. The molecule has 1 heterocycles. The summed E-state index contributed by atoms with van der Waals surface area (Å²) in [5, 5.41) is 2.71. The minimum Gasteiger partial charge on any atom is -0.490 e. The van der Waals surface area contributed by atoms with Gasteiger partial charge in [-0.3, -0.25) is 14.9 Å². The summed E-state index contributed by atoms with van der Waals surface area (Å²) in [6.07, 6.45) is 1.31. The fourth-order valence-electron chi connectivity index (χ4n) is 3.59. The Kier molecular flexibility index (Phi) is 7.80. The van der Waals surface area contributed by atoms with Crippen LogP contribution < -0.4 is 19.7 Å². The zero-order valence-corrected chi connectivity index (χ0v) is 21.3. The summed E-state index contributed by atoms with van der Waals surface area (Å²) < 4.78 is 24.7. The van der Waals surface area contributed by atoms with Crippen LogP contribution >= 0.6 is 23.2 Å². The highest BCUT2D eigenvalue weighted by molar-refractivity contribution is 6.39. The molecule has 0 spiro atoms. The van der Waals surface area contributed by atoms with Crippen molar-refractivity contribution in [1.29, 1.82) is 0 Å². The summed E-state index contributed by atoms with van der Waals surface area (Å²) in [7, 11) is 0. The van der Waals surface area contributed by atoms with Crippen molar-refractivity contribution in [3.8, 4) is 11.5 Å². The molecule has 0 unspecified atom stereocenters. The number of amides is 4. The molecule has 4 rings (SSSR count). The first-order valence-corrected chi connectivity index (χ1v) is 11.9. The van der Waals surface area contributed by atoms with Gasteiger partial charge in [0.05, 0.1) is 17.3 Å². The van der Waals surface area contributed by atoms with Gasteiger partial charge in [-0.2, -0.15) is 0 Å². The van der Waals surface area contributed by atoms with Crippen molar-refractivity contribution in [3.63, 3.8) is 0 Å². The Morgan fingerprint density at radius 3 is 2.38 bits per heavy atom. The summed E-state index contributed by atoms with van der Waals surface area (Å²) in [6.45, 7) is 3.96. The van der Waals surface area contributed by atoms with Gasteiger partial charge >= 0.3 is 6.03 Å². The van der Waals surface area contributed by atoms with Crippen LogP contribution in [-0.4, -0.2) is 24.5 Å². The zero-order chi connectivity index (χ0) is 26.7. The third kappa shape index (κ3) is 5.76. The summed E-state index contributed by atoms with van der Waals surface area (Å²) in [6, 6.07) is 12.7. The third-order valence-corrected chi connectivity index (χ3v) is 6.14. The van der Waals surface area contributed by atoms with Gasteiger partial charge < -0.3 is 9.47 Å². The number of anilines is 1. The second-order valence-corrected chi connectivity index (χ2v) is 8.88. The van der Waals surface area contributed by atoms with Crippen LogP contribution in [0.15, 0.2) is 60.2 Å². The van der Waals surface area contributed by atoms with E-state index < -0.39 is 17.8 Å². The molecular weight excluding hydrogens is 522 g/mol.